The van der Waals surface area contributed by atoms with Crippen LogP contribution in [-0.2, 0) is 24.5 Å². The van der Waals surface area contributed by atoms with Gasteiger partial charge in [-0.25, -0.2) is 13.4 Å². The van der Waals surface area contributed by atoms with Crippen LogP contribution in [0.1, 0.15) is 50.2 Å². The first-order chi connectivity index (χ1) is 17.8. The van der Waals surface area contributed by atoms with Gasteiger partial charge in [0.25, 0.3) is 6.47 Å². The van der Waals surface area contributed by atoms with E-state index in [-0.39, 0.29) is 10.4 Å². The number of benzene rings is 2. The minimum atomic E-state index is -3.64. The molecule has 0 amide bonds. The van der Waals surface area contributed by atoms with Crippen LogP contribution < -0.4 is 10.5 Å². The van der Waals surface area contributed by atoms with Crippen LogP contribution in [0.3, 0.4) is 0 Å². The third-order valence-electron chi connectivity index (χ3n) is 7.33. The van der Waals surface area contributed by atoms with Crippen molar-refractivity contribution in [2.24, 2.45) is 5.73 Å². The number of carboxylic acid groups (broad SMARTS) is 1. The first-order valence-corrected chi connectivity index (χ1v) is 14.2. The average Bonchev–Trinajstić information content (AvgIpc) is 3.09. The molecule has 0 unspecified atom stereocenters. The lowest BCUT2D eigenvalue weighted by Gasteiger charge is -2.32. The molecule has 2 aromatic rings. The lowest BCUT2D eigenvalue weighted by Crippen LogP contribution is -2.48. The zero-order chi connectivity index (χ0) is 28.3. The van der Waals surface area contributed by atoms with E-state index >= 15 is 0 Å². The van der Waals surface area contributed by atoms with Gasteiger partial charge in [0.1, 0.15) is 0 Å². The van der Waals surface area contributed by atoms with Crippen molar-refractivity contribution in [1.82, 2.24) is 0 Å². The van der Waals surface area contributed by atoms with Crippen LogP contribution in [0.25, 0.3) is 16.7 Å². The summed E-state index contributed by atoms with van der Waals surface area (Å²) in [7, 11) is -0.369. The van der Waals surface area contributed by atoms with Crippen LogP contribution in [0.4, 0.5) is 5.69 Å². The standard InChI is InChI=1S/C26H32ClN3O4S.CH2O2/c1-5-30(3,4)35(32,33)29-19-11-9-10-18(15-19)21-14-17(2)20(16-22(21)27)23-24(28)26(34-25(23)31)12-7-6-8-13-26;2-1-3/h9-11,14-16,29H,5-8,12-13H2,1-4H3,(H-,28,31);1H,(H,2,3)/p+1. The number of carbonyl (C=O) groups is 2. The van der Waals surface area contributed by atoms with E-state index in [0.29, 0.717) is 34.1 Å². The van der Waals surface area contributed by atoms with E-state index in [4.69, 9.17) is 32.0 Å². The highest BCUT2D eigenvalue weighted by atomic mass is 35.5. The number of esters is 1. The number of nitrogens with one attached hydrogen (secondary N) is 1. The minimum absolute atomic E-state index is 0.195. The molecule has 38 heavy (non-hydrogen) atoms. The summed E-state index contributed by atoms with van der Waals surface area (Å²) < 4.78 is 33.9. The van der Waals surface area contributed by atoms with Crippen LogP contribution in [0.2, 0.25) is 5.02 Å². The number of quaternary nitrogens is 1. The van der Waals surface area contributed by atoms with E-state index in [1.54, 1.807) is 38.4 Å². The van der Waals surface area contributed by atoms with Crippen LogP contribution in [0.5, 0.6) is 0 Å². The number of carbonyl (C=O) groups excluding carboxylic acids is 1. The van der Waals surface area contributed by atoms with Crippen molar-refractivity contribution in [3.05, 3.63) is 58.2 Å². The molecular formula is C27H35ClN3O6S+. The van der Waals surface area contributed by atoms with Gasteiger partial charge in [-0.1, -0.05) is 30.2 Å². The van der Waals surface area contributed by atoms with E-state index in [9.17, 15) is 13.2 Å². The fourth-order valence-electron chi connectivity index (χ4n) is 4.74. The van der Waals surface area contributed by atoms with Crippen LogP contribution in [-0.4, -0.2) is 56.1 Å². The second-order valence-electron chi connectivity index (χ2n) is 10.0. The highest BCUT2D eigenvalue weighted by Crippen LogP contribution is 2.45. The van der Waals surface area contributed by atoms with Crippen LogP contribution in [0.15, 0.2) is 42.1 Å². The molecule has 2 aromatic carbocycles. The van der Waals surface area contributed by atoms with Crippen LogP contribution >= 0.6 is 11.6 Å². The number of anilines is 1. The molecule has 1 spiro atoms. The van der Waals surface area contributed by atoms with Crippen molar-refractivity contribution in [3.8, 4) is 11.1 Å². The summed E-state index contributed by atoms with van der Waals surface area (Å²) in [6.07, 6.45) is 4.57. The molecule has 0 bridgehead atoms. The van der Waals surface area contributed by atoms with Crippen molar-refractivity contribution in [2.75, 3.05) is 25.4 Å². The second-order valence-corrected chi connectivity index (χ2v) is 12.6. The van der Waals surface area contributed by atoms with Crippen molar-refractivity contribution >= 4 is 45.5 Å². The maximum absolute atomic E-state index is 12.9. The number of hydrogen-bond donors (Lipinski definition) is 3. The molecule has 1 heterocycles. The first-order valence-electron chi connectivity index (χ1n) is 12.4. The van der Waals surface area contributed by atoms with Gasteiger partial charge in [-0.15, -0.1) is 0 Å². The van der Waals surface area contributed by atoms with E-state index in [0.717, 1.165) is 48.8 Å². The average molecular weight is 565 g/mol. The predicted octanol–water partition coefficient (Wildman–Crippen LogP) is 4.70. The predicted molar refractivity (Wildman–Crippen MR) is 149 cm³/mol. The van der Waals surface area contributed by atoms with Crippen molar-refractivity contribution in [2.45, 2.75) is 51.6 Å². The van der Waals surface area contributed by atoms with Gasteiger partial charge in [0.05, 0.1) is 37.6 Å². The SMILES string of the molecule is CC[N+](C)(C)S(=O)(=O)Nc1cccc(-c2cc(C)c(C3=C(N)C4(CCCCC4)OC3=O)cc2Cl)c1.O=CO. The Bertz CT molecular complexity index is 1360. The van der Waals surface area contributed by atoms with Gasteiger partial charge in [0.2, 0.25) is 0 Å². The quantitative estimate of drug-likeness (QED) is 0.263. The highest BCUT2D eigenvalue weighted by molar-refractivity contribution is 7.87. The Hall–Kier alpha value is -3.08. The molecule has 1 aliphatic carbocycles. The van der Waals surface area contributed by atoms with E-state index in [1.807, 2.05) is 26.0 Å². The summed E-state index contributed by atoms with van der Waals surface area (Å²) in [6, 6.07) is 10.8. The molecular weight excluding hydrogens is 530 g/mol. The van der Waals surface area contributed by atoms with Gasteiger partial charge < -0.3 is 15.6 Å². The summed E-state index contributed by atoms with van der Waals surface area (Å²) >= 11 is 6.71. The number of nitrogens with zero attached hydrogens (tertiary/aromatic N) is 1. The van der Waals surface area contributed by atoms with Crippen LogP contribution in [0, 0.1) is 6.92 Å². The molecule has 1 aliphatic heterocycles. The Morgan fingerprint density at radius 2 is 1.79 bits per heavy atom. The van der Waals surface area contributed by atoms with E-state index < -0.39 is 21.8 Å². The molecule has 0 aromatic heterocycles. The Morgan fingerprint density at radius 3 is 2.39 bits per heavy atom. The second kappa shape index (κ2) is 11.3. The van der Waals surface area contributed by atoms with E-state index in [2.05, 4.69) is 4.72 Å². The Kier molecular flexibility index (Phi) is 8.80. The van der Waals surface area contributed by atoms with Gasteiger partial charge in [-0.3, -0.25) is 4.79 Å². The minimum Gasteiger partial charge on any atom is -0.483 e. The van der Waals surface area contributed by atoms with E-state index in [1.165, 1.54) is 0 Å². The number of nitrogens with two attached hydrogens (primary N) is 1. The lowest BCUT2D eigenvalue weighted by atomic mass is 9.81. The Balaban J connectivity index is 0.00000127. The summed E-state index contributed by atoms with van der Waals surface area (Å²) in [5, 5.41) is 7.33. The lowest BCUT2D eigenvalue weighted by molar-refractivity contribution is -0.759. The topological polar surface area (TPSA) is 136 Å². The largest absolute Gasteiger partial charge is 0.483 e. The third kappa shape index (κ3) is 5.67. The Labute approximate surface area is 229 Å². The zero-order valence-corrected chi connectivity index (χ0v) is 23.7. The molecule has 2 aliphatic rings. The fourth-order valence-corrected chi connectivity index (χ4v) is 6.02. The monoisotopic (exact) mass is 564 g/mol. The smallest absolute Gasteiger partial charge is 0.393 e. The van der Waals surface area contributed by atoms with Gasteiger partial charge in [-0.05, 0) is 80.5 Å². The molecule has 0 radical (unpaired) electrons. The summed E-state index contributed by atoms with van der Waals surface area (Å²) in [5.41, 5.74) is 10.2. The highest BCUT2D eigenvalue weighted by Gasteiger charge is 2.47. The van der Waals surface area contributed by atoms with Gasteiger partial charge in [-0.2, -0.15) is 8.42 Å². The molecule has 206 valence electrons. The molecule has 11 heteroatoms. The molecule has 4 rings (SSSR count). The normalized spacial score (nSPS) is 17.0. The van der Waals surface area contributed by atoms with Crippen molar-refractivity contribution in [1.29, 1.82) is 0 Å². The summed E-state index contributed by atoms with van der Waals surface area (Å²) in [6.45, 7) is 3.89. The molecule has 1 fully saturated rings. The number of rotatable bonds is 6. The van der Waals surface area contributed by atoms with Crippen molar-refractivity contribution in [3.63, 3.8) is 0 Å². The van der Waals surface area contributed by atoms with Crippen molar-refractivity contribution < 1.29 is 31.7 Å². The van der Waals surface area contributed by atoms with Gasteiger partial charge in [0, 0.05) is 10.6 Å². The summed E-state index contributed by atoms with van der Waals surface area (Å²) in [5.74, 6) is -0.399. The van der Waals surface area contributed by atoms with Gasteiger partial charge >= 0.3 is 16.2 Å². The molecule has 9 nitrogen and oxygen atoms in total. The molecule has 4 N–H and O–H groups in total. The maximum atomic E-state index is 12.9. The number of aryl methyl sites for hydroxylation is 1. The fraction of sp³-hybridized carbons (Fsp3) is 0.407. The number of halogens is 1. The molecule has 0 atom stereocenters. The summed E-state index contributed by atoms with van der Waals surface area (Å²) in [4.78, 5) is 21.3. The third-order valence-corrected chi connectivity index (χ3v) is 9.70. The maximum Gasteiger partial charge on any atom is 0.393 e. The first kappa shape index (κ1) is 29.5. The molecule has 0 saturated heterocycles. The number of ether oxygens (including phenoxy) is 1. The van der Waals surface area contributed by atoms with Gasteiger partial charge in [0.15, 0.2) is 5.60 Å². The zero-order valence-electron chi connectivity index (χ0n) is 22.1. The Morgan fingerprint density at radius 1 is 1.16 bits per heavy atom. The molecule has 1 saturated carbocycles. The number of hydrogen-bond acceptors (Lipinski definition) is 6.